The molecule has 0 saturated carbocycles. The molecule has 0 radical (unpaired) electrons. The van der Waals surface area contributed by atoms with Crippen molar-refractivity contribution in [3.63, 3.8) is 0 Å². The summed E-state index contributed by atoms with van der Waals surface area (Å²) >= 11 is 0. The number of ether oxygens (including phenoxy) is 1. The second-order valence-electron chi connectivity index (χ2n) is 6.16. The van der Waals surface area contributed by atoms with Gasteiger partial charge in [-0.3, -0.25) is 9.78 Å². The van der Waals surface area contributed by atoms with Crippen LogP contribution in [0.4, 0.5) is 0 Å². The molecular weight excluding hydrogens is 334 g/mol. The zero-order valence-corrected chi connectivity index (χ0v) is 14.5. The summed E-state index contributed by atoms with van der Waals surface area (Å²) in [5.41, 5.74) is 0. The fraction of sp³-hybridized carbons (Fsp3) is 0.600. The predicted octanol–water partition coefficient (Wildman–Crippen LogP) is -0.00190. The molecule has 24 heavy (non-hydrogen) atoms. The number of nitrogens with one attached hydrogen (secondary N) is 2. The van der Waals surface area contributed by atoms with Crippen molar-refractivity contribution in [2.45, 2.75) is 50.0 Å². The van der Waals surface area contributed by atoms with Crippen molar-refractivity contribution >= 4 is 15.9 Å². The minimum Gasteiger partial charge on any atom is -0.366 e. The molecule has 1 aromatic rings. The van der Waals surface area contributed by atoms with E-state index in [1.54, 1.807) is 0 Å². The Morgan fingerprint density at radius 2 is 2.25 bits per heavy atom. The van der Waals surface area contributed by atoms with Crippen LogP contribution in [0.25, 0.3) is 0 Å². The standard InChI is InChI=1S/C15H23N3O5S/c1-10(2)8-13(14(19)17-12-5-7-23-15(12)20)18-24(21,22)11-4-3-6-16-9-11/h3-4,6,9-10,12-13,15,18,20H,5,7-8H2,1-2H3,(H,17,19)/t12-,13?,15?/m0/s1. The van der Waals surface area contributed by atoms with Gasteiger partial charge >= 0.3 is 0 Å². The van der Waals surface area contributed by atoms with Gasteiger partial charge in [-0.05, 0) is 30.9 Å². The second kappa shape index (κ2) is 8.02. The van der Waals surface area contributed by atoms with E-state index in [1.165, 1.54) is 24.5 Å². The molecule has 0 aliphatic carbocycles. The van der Waals surface area contributed by atoms with E-state index >= 15 is 0 Å². The first-order valence-corrected chi connectivity index (χ1v) is 9.30. The molecule has 2 rings (SSSR count). The number of carbonyl (C=O) groups is 1. The average Bonchev–Trinajstić information content (AvgIpc) is 2.92. The fourth-order valence-corrected chi connectivity index (χ4v) is 3.61. The fourth-order valence-electron chi connectivity index (χ4n) is 2.44. The first kappa shape index (κ1) is 18.8. The van der Waals surface area contributed by atoms with Crippen molar-refractivity contribution < 1.29 is 23.1 Å². The van der Waals surface area contributed by atoms with Gasteiger partial charge in [-0.2, -0.15) is 4.72 Å². The number of aliphatic hydroxyl groups excluding tert-OH is 1. The third-order valence-electron chi connectivity index (χ3n) is 3.66. The zero-order valence-electron chi connectivity index (χ0n) is 13.7. The molecule has 3 atom stereocenters. The van der Waals surface area contributed by atoms with Crippen LogP contribution >= 0.6 is 0 Å². The van der Waals surface area contributed by atoms with Gasteiger partial charge in [0, 0.05) is 12.4 Å². The van der Waals surface area contributed by atoms with Crippen molar-refractivity contribution in [1.82, 2.24) is 15.0 Å². The lowest BCUT2D eigenvalue weighted by atomic mass is 10.0. The minimum atomic E-state index is -3.86. The Morgan fingerprint density at radius 3 is 2.79 bits per heavy atom. The molecule has 1 fully saturated rings. The number of hydrogen-bond acceptors (Lipinski definition) is 6. The van der Waals surface area contributed by atoms with Crippen LogP contribution < -0.4 is 10.0 Å². The van der Waals surface area contributed by atoms with E-state index in [-0.39, 0.29) is 10.8 Å². The molecule has 1 amide bonds. The van der Waals surface area contributed by atoms with Crippen molar-refractivity contribution in [3.05, 3.63) is 24.5 Å². The molecule has 1 aliphatic rings. The summed E-state index contributed by atoms with van der Waals surface area (Å²) in [5.74, 6) is -0.382. The molecule has 9 heteroatoms. The minimum absolute atomic E-state index is 0.00390. The summed E-state index contributed by atoms with van der Waals surface area (Å²) in [6.45, 7) is 4.14. The molecule has 0 spiro atoms. The largest absolute Gasteiger partial charge is 0.366 e. The number of sulfonamides is 1. The van der Waals surface area contributed by atoms with Gasteiger partial charge in [-0.1, -0.05) is 13.8 Å². The number of aromatic nitrogens is 1. The average molecular weight is 357 g/mol. The van der Waals surface area contributed by atoms with Crippen LogP contribution in [0.5, 0.6) is 0 Å². The highest BCUT2D eigenvalue weighted by molar-refractivity contribution is 7.89. The smallest absolute Gasteiger partial charge is 0.242 e. The van der Waals surface area contributed by atoms with Crippen LogP contribution in [0.2, 0.25) is 0 Å². The van der Waals surface area contributed by atoms with Gasteiger partial charge in [0.05, 0.1) is 12.6 Å². The van der Waals surface area contributed by atoms with E-state index in [9.17, 15) is 18.3 Å². The normalized spacial score (nSPS) is 22.5. The molecule has 8 nitrogen and oxygen atoms in total. The third-order valence-corrected chi connectivity index (χ3v) is 5.11. The maximum Gasteiger partial charge on any atom is 0.242 e. The Bertz CT molecular complexity index is 650. The highest BCUT2D eigenvalue weighted by Gasteiger charge is 2.32. The number of aliphatic hydroxyl groups is 1. The highest BCUT2D eigenvalue weighted by Crippen LogP contribution is 2.14. The number of carbonyl (C=O) groups excluding carboxylic acids is 1. The monoisotopic (exact) mass is 357 g/mol. The molecule has 2 unspecified atom stereocenters. The molecule has 1 aromatic heterocycles. The third kappa shape index (κ3) is 4.97. The summed E-state index contributed by atoms with van der Waals surface area (Å²) in [6.07, 6.45) is 2.44. The Morgan fingerprint density at radius 1 is 1.50 bits per heavy atom. The van der Waals surface area contributed by atoms with E-state index in [4.69, 9.17) is 4.74 Å². The van der Waals surface area contributed by atoms with Crippen LogP contribution in [0.3, 0.4) is 0 Å². The van der Waals surface area contributed by atoms with Crippen molar-refractivity contribution in [2.75, 3.05) is 6.61 Å². The van der Waals surface area contributed by atoms with Gasteiger partial charge < -0.3 is 15.2 Å². The number of rotatable bonds is 7. The van der Waals surface area contributed by atoms with Crippen molar-refractivity contribution in [1.29, 1.82) is 0 Å². The Labute approximate surface area is 141 Å². The molecule has 1 saturated heterocycles. The second-order valence-corrected chi connectivity index (χ2v) is 7.87. The molecular formula is C15H23N3O5S. The molecule has 134 valence electrons. The van der Waals surface area contributed by atoms with E-state index < -0.39 is 34.3 Å². The van der Waals surface area contributed by atoms with Crippen LogP contribution in [0.15, 0.2) is 29.4 Å². The zero-order chi connectivity index (χ0) is 17.7. The van der Waals surface area contributed by atoms with Crippen LogP contribution in [0, 0.1) is 5.92 Å². The lowest BCUT2D eigenvalue weighted by Gasteiger charge is -2.23. The van der Waals surface area contributed by atoms with E-state index in [1.807, 2.05) is 13.8 Å². The maximum atomic E-state index is 12.5. The summed E-state index contributed by atoms with van der Waals surface area (Å²) < 4.78 is 32.3. The summed E-state index contributed by atoms with van der Waals surface area (Å²) in [6, 6.07) is 1.45. The topological polar surface area (TPSA) is 118 Å². The summed E-state index contributed by atoms with van der Waals surface area (Å²) in [7, 11) is -3.86. The quantitative estimate of drug-likeness (QED) is 0.632. The Balaban J connectivity index is 2.11. The highest BCUT2D eigenvalue weighted by atomic mass is 32.2. The van der Waals surface area contributed by atoms with Crippen LogP contribution in [0.1, 0.15) is 26.7 Å². The van der Waals surface area contributed by atoms with E-state index in [2.05, 4.69) is 15.0 Å². The predicted molar refractivity (Wildman–Crippen MR) is 86.3 cm³/mol. The van der Waals surface area contributed by atoms with Gasteiger partial charge in [0.1, 0.15) is 10.9 Å². The lowest BCUT2D eigenvalue weighted by molar-refractivity contribution is -0.127. The van der Waals surface area contributed by atoms with Gasteiger partial charge in [0.15, 0.2) is 6.29 Å². The number of nitrogens with zero attached hydrogens (tertiary/aromatic N) is 1. The lowest BCUT2D eigenvalue weighted by Crippen LogP contribution is -2.51. The number of pyridine rings is 1. The van der Waals surface area contributed by atoms with Crippen LogP contribution in [-0.2, 0) is 19.6 Å². The molecule has 3 N–H and O–H groups in total. The first-order chi connectivity index (χ1) is 11.3. The van der Waals surface area contributed by atoms with Gasteiger partial charge in [0.2, 0.25) is 15.9 Å². The first-order valence-electron chi connectivity index (χ1n) is 7.82. The Hall–Kier alpha value is -1.55. The van der Waals surface area contributed by atoms with Gasteiger partial charge in [-0.25, -0.2) is 8.42 Å². The van der Waals surface area contributed by atoms with Crippen LogP contribution in [-0.4, -0.2) is 49.4 Å². The number of hydrogen-bond donors (Lipinski definition) is 3. The summed E-state index contributed by atoms with van der Waals surface area (Å²) in [4.78, 5) is 16.3. The van der Waals surface area contributed by atoms with Gasteiger partial charge in [0.25, 0.3) is 0 Å². The molecule has 0 aromatic carbocycles. The van der Waals surface area contributed by atoms with E-state index in [0.29, 0.717) is 19.4 Å². The Kier molecular flexibility index (Phi) is 6.27. The van der Waals surface area contributed by atoms with E-state index in [0.717, 1.165) is 0 Å². The summed E-state index contributed by atoms with van der Waals surface area (Å²) in [5, 5.41) is 12.3. The van der Waals surface area contributed by atoms with Crippen molar-refractivity contribution in [2.24, 2.45) is 5.92 Å². The molecule has 2 heterocycles. The van der Waals surface area contributed by atoms with Crippen molar-refractivity contribution in [3.8, 4) is 0 Å². The molecule has 0 bridgehead atoms. The molecule has 1 aliphatic heterocycles. The maximum absolute atomic E-state index is 12.5. The van der Waals surface area contributed by atoms with Gasteiger partial charge in [-0.15, -0.1) is 0 Å². The number of amides is 1. The SMILES string of the molecule is CC(C)CC(NS(=O)(=O)c1cccnc1)C(=O)N[C@H]1CCOC1O.